The molecule has 0 radical (unpaired) electrons. The minimum Gasteiger partial charge on any atom is -0.497 e. The summed E-state index contributed by atoms with van der Waals surface area (Å²) in [6, 6.07) is 14.1. The van der Waals surface area contributed by atoms with Gasteiger partial charge in [-0.2, -0.15) is 0 Å². The van der Waals surface area contributed by atoms with Crippen molar-refractivity contribution in [3.05, 3.63) is 57.5 Å². The highest BCUT2D eigenvalue weighted by molar-refractivity contribution is 9.10. The van der Waals surface area contributed by atoms with Gasteiger partial charge in [-0.25, -0.2) is 0 Å². The van der Waals surface area contributed by atoms with E-state index in [4.69, 9.17) is 16.3 Å². The summed E-state index contributed by atoms with van der Waals surface area (Å²) >= 11 is 9.75. The summed E-state index contributed by atoms with van der Waals surface area (Å²) in [7, 11) is 1.65. The molecule has 1 N–H and O–H groups in total. The second-order valence-electron chi connectivity index (χ2n) is 4.51. The third-order valence-corrected chi connectivity index (χ3v) is 3.99. The molecule has 0 saturated heterocycles. The van der Waals surface area contributed by atoms with Crippen LogP contribution in [-0.4, -0.2) is 7.11 Å². The maximum atomic E-state index is 6.25. The van der Waals surface area contributed by atoms with Crippen LogP contribution in [0, 0.1) is 0 Å². The topological polar surface area (TPSA) is 21.3 Å². The van der Waals surface area contributed by atoms with Crippen LogP contribution in [0.1, 0.15) is 24.9 Å². The van der Waals surface area contributed by atoms with Crippen LogP contribution in [-0.2, 0) is 0 Å². The summed E-state index contributed by atoms with van der Waals surface area (Å²) in [5.74, 6) is 0.793. The van der Waals surface area contributed by atoms with Gasteiger partial charge in [-0.05, 0) is 36.2 Å². The molecule has 0 heterocycles. The standard InChI is InChI=1S/C16H17BrClNO/c1-3-15(11-5-4-6-12(17)9-11)19-16-10-13(20-2)7-8-14(16)18/h4-10,15,19H,3H2,1-2H3. The van der Waals surface area contributed by atoms with Crippen LogP contribution >= 0.6 is 27.5 Å². The van der Waals surface area contributed by atoms with E-state index in [0.29, 0.717) is 5.02 Å². The Morgan fingerprint density at radius 3 is 2.70 bits per heavy atom. The van der Waals surface area contributed by atoms with Crippen LogP contribution in [0.4, 0.5) is 5.69 Å². The lowest BCUT2D eigenvalue weighted by Gasteiger charge is -2.20. The minimum atomic E-state index is 0.206. The molecule has 2 nitrogen and oxygen atoms in total. The number of rotatable bonds is 5. The number of halogens is 2. The first-order chi connectivity index (χ1) is 9.63. The zero-order chi connectivity index (χ0) is 14.5. The van der Waals surface area contributed by atoms with Crippen LogP contribution < -0.4 is 10.1 Å². The Labute approximate surface area is 133 Å². The van der Waals surface area contributed by atoms with Gasteiger partial charge in [0.15, 0.2) is 0 Å². The number of hydrogen-bond donors (Lipinski definition) is 1. The predicted octanol–water partition coefficient (Wildman–Crippen LogP) is 5.67. The van der Waals surface area contributed by atoms with Gasteiger partial charge < -0.3 is 10.1 Å². The van der Waals surface area contributed by atoms with Gasteiger partial charge in [0.05, 0.1) is 23.9 Å². The largest absolute Gasteiger partial charge is 0.497 e. The zero-order valence-electron chi connectivity index (χ0n) is 11.5. The zero-order valence-corrected chi connectivity index (χ0v) is 13.8. The Hall–Kier alpha value is -1.19. The van der Waals surface area contributed by atoms with Crippen molar-refractivity contribution in [2.75, 3.05) is 12.4 Å². The molecule has 4 heteroatoms. The molecule has 0 saturated carbocycles. The Balaban J connectivity index is 2.26. The van der Waals surface area contributed by atoms with Crippen molar-refractivity contribution < 1.29 is 4.74 Å². The molecule has 2 aromatic rings. The van der Waals surface area contributed by atoms with Crippen molar-refractivity contribution in [1.29, 1.82) is 0 Å². The van der Waals surface area contributed by atoms with E-state index in [1.807, 2.05) is 30.3 Å². The highest BCUT2D eigenvalue weighted by Gasteiger charge is 2.12. The second-order valence-corrected chi connectivity index (χ2v) is 5.83. The molecule has 0 aromatic heterocycles. The lowest BCUT2D eigenvalue weighted by molar-refractivity contribution is 0.415. The molecular formula is C16H17BrClNO. The molecule has 2 aromatic carbocycles. The molecule has 0 spiro atoms. The molecule has 106 valence electrons. The van der Waals surface area contributed by atoms with E-state index < -0.39 is 0 Å². The Morgan fingerprint density at radius 2 is 2.05 bits per heavy atom. The third kappa shape index (κ3) is 3.68. The highest BCUT2D eigenvalue weighted by atomic mass is 79.9. The Bertz CT molecular complexity index is 588. The van der Waals surface area contributed by atoms with E-state index in [2.05, 4.69) is 40.3 Å². The van der Waals surface area contributed by atoms with E-state index in [1.54, 1.807) is 7.11 Å². The van der Waals surface area contributed by atoms with Crippen molar-refractivity contribution >= 4 is 33.2 Å². The Morgan fingerprint density at radius 1 is 1.25 bits per heavy atom. The number of anilines is 1. The van der Waals surface area contributed by atoms with Gasteiger partial charge in [0, 0.05) is 10.5 Å². The summed E-state index contributed by atoms with van der Waals surface area (Å²) in [6.45, 7) is 2.15. The molecule has 0 aliphatic rings. The first-order valence-corrected chi connectivity index (χ1v) is 7.66. The van der Waals surface area contributed by atoms with Gasteiger partial charge in [-0.15, -0.1) is 0 Å². The fraction of sp³-hybridized carbons (Fsp3) is 0.250. The average Bonchev–Trinajstić information content (AvgIpc) is 2.46. The maximum Gasteiger partial charge on any atom is 0.121 e. The number of ether oxygens (including phenoxy) is 1. The molecule has 0 amide bonds. The monoisotopic (exact) mass is 353 g/mol. The molecule has 0 aliphatic heterocycles. The van der Waals surface area contributed by atoms with Gasteiger partial charge in [-0.3, -0.25) is 0 Å². The normalized spacial score (nSPS) is 12.0. The average molecular weight is 355 g/mol. The fourth-order valence-electron chi connectivity index (χ4n) is 2.07. The molecule has 1 atom stereocenters. The van der Waals surface area contributed by atoms with Crippen LogP contribution in [0.25, 0.3) is 0 Å². The molecular weight excluding hydrogens is 338 g/mol. The molecule has 0 bridgehead atoms. The second kappa shape index (κ2) is 7.00. The van der Waals surface area contributed by atoms with Crippen molar-refractivity contribution in [2.45, 2.75) is 19.4 Å². The molecule has 1 unspecified atom stereocenters. The van der Waals surface area contributed by atoms with Crippen LogP contribution in [0.15, 0.2) is 46.9 Å². The lowest BCUT2D eigenvalue weighted by Crippen LogP contribution is -2.10. The van der Waals surface area contributed by atoms with Gasteiger partial charge in [0.1, 0.15) is 5.75 Å². The third-order valence-electron chi connectivity index (χ3n) is 3.16. The van der Waals surface area contributed by atoms with Gasteiger partial charge in [-0.1, -0.05) is 46.6 Å². The minimum absolute atomic E-state index is 0.206. The van der Waals surface area contributed by atoms with Crippen molar-refractivity contribution in [3.63, 3.8) is 0 Å². The Kier molecular flexibility index (Phi) is 5.32. The van der Waals surface area contributed by atoms with Gasteiger partial charge >= 0.3 is 0 Å². The van der Waals surface area contributed by atoms with E-state index in [1.165, 1.54) is 5.56 Å². The van der Waals surface area contributed by atoms with Crippen molar-refractivity contribution in [1.82, 2.24) is 0 Å². The maximum absolute atomic E-state index is 6.25. The van der Waals surface area contributed by atoms with Crippen LogP contribution in [0.2, 0.25) is 5.02 Å². The van der Waals surface area contributed by atoms with Crippen molar-refractivity contribution in [2.24, 2.45) is 0 Å². The van der Waals surface area contributed by atoms with Gasteiger partial charge in [0.25, 0.3) is 0 Å². The molecule has 2 rings (SSSR count). The van der Waals surface area contributed by atoms with Crippen LogP contribution in [0.5, 0.6) is 5.75 Å². The van der Waals surface area contributed by atoms with E-state index >= 15 is 0 Å². The fourth-order valence-corrected chi connectivity index (χ4v) is 2.66. The number of methoxy groups -OCH3 is 1. The van der Waals surface area contributed by atoms with E-state index in [0.717, 1.165) is 22.3 Å². The molecule has 20 heavy (non-hydrogen) atoms. The summed E-state index contributed by atoms with van der Waals surface area (Å²) in [6.07, 6.45) is 0.962. The number of hydrogen-bond acceptors (Lipinski definition) is 2. The molecule has 0 fully saturated rings. The summed E-state index contributed by atoms with van der Waals surface area (Å²) in [5, 5.41) is 4.18. The quantitative estimate of drug-likeness (QED) is 0.746. The summed E-state index contributed by atoms with van der Waals surface area (Å²) < 4.78 is 6.32. The van der Waals surface area contributed by atoms with Crippen LogP contribution in [0.3, 0.4) is 0 Å². The van der Waals surface area contributed by atoms with E-state index in [-0.39, 0.29) is 6.04 Å². The predicted molar refractivity (Wildman–Crippen MR) is 88.8 cm³/mol. The first kappa shape index (κ1) is 15.2. The number of nitrogens with one attached hydrogen (secondary N) is 1. The van der Waals surface area contributed by atoms with Gasteiger partial charge in [0.2, 0.25) is 0 Å². The smallest absolute Gasteiger partial charge is 0.121 e. The molecule has 0 aliphatic carbocycles. The van der Waals surface area contributed by atoms with Crippen molar-refractivity contribution in [3.8, 4) is 5.75 Å². The first-order valence-electron chi connectivity index (χ1n) is 6.49. The van der Waals surface area contributed by atoms with E-state index in [9.17, 15) is 0 Å². The summed E-state index contributed by atoms with van der Waals surface area (Å²) in [5.41, 5.74) is 2.11. The SMILES string of the molecule is CCC(Nc1cc(OC)ccc1Cl)c1cccc(Br)c1. The highest BCUT2D eigenvalue weighted by Crippen LogP contribution is 2.31. The number of benzene rings is 2. The lowest BCUT2D eigenvalue weighted by atomic mass is 10.0. The summed E-state index contributed by atoms with van der Waals surface area (Å²) in [4.78, 5) is 0.